The van der Waals surface area contributed by atoms with Crippen LogP contribution < -0.4 is 26.0 Å². The van der Waals surface area contributed by atoms with Crippen molar-refractivity contribution in [2.24, 2.45) is 5.92 Å². The smallest absolute Gasteiger partial charge is 0.330 e. The van der Waals surface area contributed by atoms with Crippen LogP contribution >= 0.6 is 0 Å². The minimum Gasteiger partial charge on any atom is -0.494 e. The number of ketones is 1. The Kier molecular flexibility index (Phi) is 14.1. The molecule has 4 heterocycles. The van der Waals surface area contributed by atoms with E-state index < -0.39 is 72.6 Å². The molecule has 15 heteroatoms. The Hall–Kier alpha value is -4.86. The topological polar surface area (TPSA) is 202 Å². The molecular weight excluding hydrogens is 722 g/mol. The van der Waals surface area contributed by atoms with Crippen molar-refractivity contribution in [3.8, 4) is 5.75 Å². The van der Waals surface area contributed by atoms with E-state index in [0.717, 1.165) is 37.7 Å². The monoisotopic (exact) mass is 775 g/mol. The molecule has 7 rings (SSSR count). The molecule has 4 amide bonds. The number of nitrogens with zero attached hydrogens (tertiary/aromatic N) is 1. The largest absolute Gasteiger partial charge is 0.494 e. The molecular formula is C41H53N5O10. The number of ether oxygens (including phenoxy) is 3. The van der Waals surface area contributed by atoms with Crippen LogP contribution in [-0.2, 0) is 44.7 Å². The van der Waals surface area contributed by atoms with E-state index in [1.807, 2.05) is 36.1 Å². The number of hydrogen-bond donors (Lipinski definition) is 5. The Morgan fingerprint density at radius 1 is 0.929 bits per heavy atom. The molecule has 8 atom stereocenters. The molecule has 2 saturated heterocycles. The summed E-state index contributed by atoms with van der Waals surface area (Å²) in [6.07, 6.45) is 5.45. The highest BCUT2D eigenvalue weighted by atomic mass is 16.7. The number of benzene rings is 2. The molecule has 0 radical (unpaired) electrons. The summed E-state index contributed by atoms with van der Waals surface area (Å²) in [5, 5.41) is 20.4. The van der Waals surface area contributed by atoms with Crippen LogP contribution in [0.4, 0.5) is 0 Å². The molecule has 2 aromatic rings. The van der Waals surface area contributed by atoms with Crippen molar-refractivity contribution in [1.29, 1.82) is 0 Å². The van der Waals surface area contributed by atoms with Gasteiger partial charge in [-0.25, -0.2) is 4.79 Å². The SMILES string of the molecule is CCC[C@H](NC(=O)[C@@H]1[C@H]2O[C@H]3CCCOc4cccc(c4)CC(=O)N[C@@H](C4CCCCC4)CN1C[C@@H]2O3)C(=O)C(=O)NCC(=O)N[C@H](C(=O)O)c1ccccc1. The summed E-state index contributed by atoms with van der Waals surface area (Å²) in [5.41, 5.74) is 1.18. The molecule has 3 fully saturated rings. The maximum atomic E-state index is 14.4. The summed E-state index contributed by atoms with van der Waals surface area (Å²) < 4.78 is 18.7. The number of nitrogens with one attached hydrogen (secondary N) is 4. The van der Waals surface area contributed by atoms with Crippen LogP contribution in [0.5, 0.6) is 5.75 Å². The van der Waals surface area contributed by atoms with Crippen molar-refractivity contribution >= 4 is 35.4 Å². The van der Waals surface area contributed by atoms with Gasteiger partial charge >= 0.3 is 5.97 Å². The van der Waals surface area contributed by atoms with E-state index in [2.05, 4.69) is 21.3 Å². The van der Waals surface area contributed by atoms with Crippen LogP contribution in [0.1, 0.15) is 81.9 Å². The maximum absolute atomic E-state index is 14.4. The van der Waals surface area contributed by atoms with Crippen LogP contribution in [0.3, 0.4) is 0 Å². The average Bonchev–Trinajstić information content (AvgIpc) is 3.74. The maximum Gasteiger partial charge on any atom is 0.330 e. The molecule has 302 valence electrons. The van der Waals surface area contributed by atoms with Gasteiger partial charge in [-0.1, -0.05) is 75.1 Å². The Labute approximate surface area is 326 Å². The highest BCUT2D eigenvalue weighted by Gasteiger charge is 2.53. The van der Waals surface area contributed by atoms with Crippen molar-refractivity contribution < 1.29 is 48.1 Å². The highest BCUT2D eigenvalue weighted by molar-refractivity contribution is 6.38. The molecule has 1 aliphatic carbocycles. The van der Waals surface area contributed by atoms with E-state index in [-0.39, 0.29) is 30.7 Å². The summed E-state index contributed by atoms with van der Waals surface area (Å²) in [6.45, 7) is 2.32. The highest BCUT2D eigenvalue weighted by Crippen LogP contribution is 2.35. The van der Waals surface area contributed by atoms with Gasteiger partial charge in [0.15, 0.2) is 12.3 Å². The molecule has 15 nitrogen and oxygen atoms in total. The Morgan fingerprint density at radius 2 is 1.71 bits per heavy atom. The quantitative estimate of drug-likeness (QED) is 0.198. The van der Waals surface area contributed by atoms with Gasteiger partial charge in [-0.2, -0.15) is 0 Å². The molecule has 2 aromatic carbocycles. The summed E-state index contributed by atoms with van der Waals surface area (Å²) in [4.78, 5) is 81.0. The van der Waals surface area contributed by atoms with Crippen LogP contribution in [0, 0.1) is 5.92 Å². The minimum atomic E-state index is -1.35. The molecule has 4 aliphatic heterocycles. The second kappa shape index (κ2) is 19.3. The van der Waals surface area contributed by atoms with Crippen molar-refractivity contribution in [2.45, 2.75) is 114 Å². The number of aliphatic carboxylic acids is 1. The first-order valence-corrected chi connectivity index (χ1v) is 19.8. The lowest BCUT2D eigenvalue weighted by atomic mass is 9.83. The van der Waals surface area contributed by atoms with E-state index in [4.69, 9.17) is 14.2 Å². The predicted octanol–water partition coefficient (Wildman–Crippen LogP) is 2.17. The number of fused-ring (bicyclic) bond motifs is 7. The molecule has 1 unspecified atom stereocenters. The Balaban J connectivity index is 1.15. The van der Waals surface area contributed by atoms with E-state index in [1.54, 1.807) is 30.3 Å². The fourth-order valence-corrected chi connectivity index (χ4v) is 8.28. The number of carbonyl (C=O) groups is 6. The lowest BCUT2D eigenvalue weighted by Gasteiger charge is -2.36. The third kappa shape index (κ3) is 10.5. The normalized spacial score (nSPS) is 26.5. The van der Waals surface area contributed by atoms with Gasteiger partial charge in [-0.05, 0) is 54.9 Å². The average molecular weight is 776 g/mol. The van der Waals surface area contributed by atoms with Crippen LogP contribution in [0.15, 0.2) is 54.6 Å². The van der Waals surface area contributed by atoms with Gasteiger partial charge in [0.1, 0.15) is 24.0 Å². The van der Waals surface area contributed by atoms with Crippen LogP contribution in [-0.4, -0.2) is 108 Å². The number of rotatable bonds is 12. The second-order valence-electron chi connectivity index (χ2n) is 15.1. The molecule has 0 aromatic heterocycles. The second-order valence-corrected chi connectivity index (χ2v) is 15.1. The fraction of sp³-hybridized carbons (Fsp3) is 0.561. The molecule has 6 bridgehead atoms. The summed E-state index contributed by atoms with van der Waals surface area (Å²) in [7, 11) is 0. The third-order valence-corrected chi connectivity index (χ3v) is 11.0. The third-order valence-electron chi connectivity index (χ3n) is 11.0. The number of carboxylic acid groups (broad SMARTS) is 1. The fourth-order valence-electron chi connectivity index (χ4n) is 8.28. The zero-order valence-electron chi connectivity index (χ0n) is 31.8. The standard InChI is InChI=1S/C41H53N5O10/c1-2-11-29(37(49)40(51)42-22-33(48)45-35(41(52)53)27-15-7-4-8-16-27)44-39(50)36-38-31-24-46(36)23-30(26-13-5-3-6-14-26)43-32(47)21-25-12-9-17-28(20-25)54-19-10-18-34(55-31)56-38/h4,7-9,12,15-17,20,26,29-31,34-36,38H,2-3,5-6,10-11,13-14,18-19,21-24H2,1H3,(H,42,51)(H,43,47)(H,44,50)(H,45,48)(H,52,53)/t29-,30+,31-,34-,35-,36-,38-/m0/s1. The van der Waals surface area contributed by atoms with Gasteiger partial charge in [0.05, 0.1) is 25.6 Å². The van der Waals surface area contributed by atoms with E-state index in [1.165, 1.54) is 0 Å². The van der Waals surface area contributed by atoms with Crippen molar-refractivity contribution in [1.82, 2.24) is 26.2 Å². The van der Waals surface area contributed by atoms with Crippen molar-refractivity contribution in [3.63, 3.8) is 0 Å². The number of carbonyl (C=O) groups excluding carboxylic acids is 5. The molecule has 5 N–H and O–H groups in total. The van der Waals surface area contributed by atoms with E-state index in [9.17, 15) is 33.9 Å². The molecule has 0 spiro atoms. The van der Waals surface area contributed by atoms with Crippen molar-refractivity contribution in [3.05, 3.63) is 65.7 Å². The van der Waals surface area contributed by atoms with Gasteiger partial charge < -0.3 is 40.6 Å². The van der Waals surface area contributed by atoms with Crippen molar-refractivity contribution in [2.75, 3.05) is 26.2 Å². The van der Waals surface area contributed by atoms with Gasteiger partial charge in [-0.15, -0.1) is 0 Å². The number of hydrogen-bond acceptors (Lipinski definition) is 10. The van der Waals surface area contributed by atoms with Gasteiger partial charge in [0.2, 0.25) is 23.5 Å². The van der Waals surface area contributed by atoms with Crippen LogP contribution in [0.2, 0.25) is 0 Å². The first kappa shape index (κ1) is 40.8. The Morgan fingerprint density at radius 3 is 2.46 bits per heavy atom. The number of carboxylic acids is 1. The molecule has 56 heavy (non-hydrogen) atoms. The zero-order chi connectivity index (χ0) is 39.6. The first-order chi connectivity index (χ1) is 27.1. The lowest BCUT2D eigenvalue weighted by molar-refractivity contribution is -0.143. The lowest BCUT2D eigenvalue weighted by Crippen LogP contribution is -2.58. The Bertz CT molecular complexity index is 1720. The predicted molar refractivity (Wildman–Crippen MR) is 202 cm³/mol. The summed E-state index contributed by atoms with van der Waals surface area (Å²) >= 11 is 0. The summed E-state index contributed by atoms with van der Waals surface area (Å²) in [6, 6.07) is 11.9. The van der Waals surface area contributed by atoms with E-state index in [0.29, 0.717) is 50.3 Å². The van der Waals surface area contributed by atoms with E-state index >= 15 is 0 Å². The summed E-state index contributed by atoms with van der Waals surface area (Å²) in [5.74, 6) is -3.85. The zero-order valence-corrected chi connectivity index (χ0v) is 31.8. The first-order valence-electron chi connectivity index (χ1n) is 19.8. The minimum absolute atomic E-state index is 0.123. The van der Waals surface area contributed by atoms with Gasteiger partial charge in [0.25, 0.3) is 5.91 Å². The molecule has 1 saturated carbocycles. The van der Waals surface area contributed by atoms with Crippen LogP contribution in [0.25, 0.3) is 0 Å². The van der Waals surface area contributed by atoms with Gasteiger partial charge in [0, 0.05) is 25.6 Å². The van der Waals surface area contributed by atoms with Gasteiger partial charge in [-0.3, -0.25) is 28.9 Å². The number of Topliss-reactive ketones (excluding diaryl/α,β-unsaturated/α-hetero) is 1. The molecule has 5 aliphatic rings. The number of amides is 4.